The van der Waals surface area contributed by atoms with Crippen molar-refractivity contribution in [2.24, 2.45) is 7.05 Å². The van der Waals surface area contributed by atoms with E-state index in [1.807, 2.05) is 29.8 Å². The predicted molar refractivity (Wildman–Crippen MR) is 79.3 cm³/mol. The molecule has 5 heteroatoms. The van der Waals surface area contributed by atoms with E-state index in [2.05, 4.69) is 15.9 Å². The second-order valence-corrected chi connectivity index (χ2v) is 5.74. The van der Waals surface area contributed by atoms with E-state index in [1.54, 1.807) is 7.11 Å². The lowest BCUT2D eigenvalue weighted by molar-refractivity contribution is 0.412. The van der Waals surface area contributed by atoms with Crippen LogP contribution in [0.5, 0.6) is 5.75 Å². The summed E-state index contributed by atoms with van der Waals surface area (Å²) in [5.41, 5.74) is 8.04. The van der Waals surface area contributed by atoms with Crippen molar-refractivity contribution >= 4 is 21.7 Å². The molecule has 0 aliphatic heterocycles. The van der Waals surface area contributed by atoms with Gasteiger partial charge in [-0.25, -0.2) is 4.98 Å². The van der Waals surface area contributed by atoms with Gasteiger partial charge in [-0.15, -0.1) is 0 Å². The molecule has 1 aromatic carbocycles. The molecule has 4 nitrogen and oxygen atoms in total. The number of nitrogens with zero attached hydrogens (tertiary/aromatic N) is 2. The van der Waals surface area contributed by atoms with Gasteiger partial charge in [0.25, 0.3) is 0 Å². The first-order valence-corrected chi connectivity index (χ1v) is 7.07. The number of nitrogens with two attached hydrogens (primary N) is 1. The lowest BCUT2D eigenvalue weighted by Gasteiger charge is -2.05. The number of benzene rings is 1. The van der Waals surface area contributed by atoms with Crippen LogP contribution in [0.4, 0.5) is 5.82 Å². The Morgan fingerprint density at radius 2 is 2.16 bits per heavy atom. The van der Waals surface area contributed by atoms with Gasteiger partial charge >= 0.3 is 0 Å². The molecular weight excluding hydrogens is 306 g/mol. The maximum absolute atomic E-state index is 6.18. The third kappa shape index (κ3) is 2.12. The second kappa shape index (κ2) is 4.56. The fourth-order valence-electron chi connectivity index (χ4n) is 2.26. The molecule has 2 N–H and O–H groups in total. The number of imidazole rings is 1. The smallest absolute Gasteiger partial charge is 0.133 e. The average Bonchev–Trinajstić information content (AvgIpc) is 3.19. The van der Waals surface area contributed by atoms with Crippen LogP contribution in [0.25, 0.3) is 11.3 Å². The van der Waals surface area contributed by atoms with Crippen molar-refractivity contribution in [2.45, 2.75) is 18.8 Å². The van der Waals surface area contributed by atoms with Gasteiger partial charge in [0, 0.05) is 18.5 Å². The molecule has 2 aromatic rings. The summed E-state index contributed by atoms with van der Waals surface area (Å²) in [5.74, 6) is 3.21. The Labute approximate surface area is 120 Å². The van der Waals surface area contributed by atoms with Crippen LogP contribution in [0.1, 0.15) is 24.6 Å². The van der Waals surface area contributed by atoms with Crippen LogP contribution in [0.3, 0.4) is 0 Å². The zero-order valence-corrected chi connectivity index (χ0v) is 12.6. The Kier molecular flexibility index (Phi) is 3.01. The number of rotatable bonds is 3. The van der Waals surface area contributed by atoms with Gasteiger partial charge in [0.1, 0.15) is 23.1 Å². The zero-order chi connectivity index (χ0) is 13.6. The van der Waals surface area contributed by atoms with Crippen molar-refractivity contribution < 1.29 is 4.74 Å². The van der Waals surface area contributed by atoms with Crippen molar-refractivity contribution in [3.05, 3.63) is 28.5 Å². The van der Waals surface area contributed by atoms with Crippen LogP contribution in [-0.4, -0.2) is 16.7 Å². The Morgan fingerprint density at radius 3 is 2.74 bits per heavy atom. The number of halogens is 1. The van der Waals surface area contributed by atoms with E-state index in [4.69, 9.17) is 15.5 Å². The Balaban J connectivity index is 2.06. The minimum absolute atomic E-state index is 0.586. The maximum atomic E-state index is 6.18. The fourth-order valence-corrected chi connectivity index (χ4v) is 2.80. The van der Waals surface area contributed by atoms with Gasteiger partial charge in [0.05, 0.1) is 11.6 Å². The first-order chi connectivity index (χ1) is 9.11. The molecule has 0 unspecified atom stereocenters. The van der Waals surface area contributed by atoms with E-state index in [0.717, 1.165) is 33.1 Å². The minimum Gasteiger partial charge on any atom is -0.496 e. The van der Waals surface area contributed by atoms with Gasteiger partial charge in [-0.2, -0.15) is 0 Å². The molecule has 100 valence electrons. The zero-order valence-electron chi connectivity index (χ0n) is 11.0. The van der Waals surface area contributed by atoms with Crippen molar-refractivity contribution in [2.75, 3.05) is 12.8 Å². The quantitative estimate of drug-likeness (QED) is 0.943. The second-order valence-electron chi connectivity index (χ2n) is 4.89. The van der Waals surface area contributed by atoms with E-state index in [0.29, 0.717) is 5.92 Å². The number of hydrogen-bond donors (Lipinski definition) is 1. The molecule has 1 fully saturated rings. The summed E-state index contributed by atoms with van der Waals surface area (Å²) in [4.78, 5) is 4.71. The molecular formula is C14H16BrN3O. The largest absolute Gasteiger partial charge is 0.496 e. The highest BCUT2D eigenvalue weighted by atomic mass is 79.9. The SMILES string of the molecule is COc1ccc(-c2nc(C3CC3)n(C)c2N)cc1Br. The number of methoxy groups -OCH3 is 1. The molecule has 1 saturated carbocycles. The predicted octanol–water partition coefficient (Wildman–Crippen LogP) is 3.32. The Bertz CT molecular complexity index is 632. The van der Waals surface area contributed by atoms with Gasteiger partial charge in [-0.05, 0) is 47.0 Å². The summed E-state index contributed by atoms with van der Waals surface area (Å²) in [6.45, 7) is 0. The van der Waals surface area contributed by atoms with Crippen LogP contribution in [0.15, 0.2) is 22.7 Å². The normalized spacial score (nSPS) is 14.7. The maximum Gasteiger partial charge on any atom is 0.133 e. The van der Waals surface area contributed by atoms with E-state index < -0.39 is 0 Å². The first-order valence-electron chi connectivity index (χ1n) is 6.27. The molecule has 1 aliphatic rings. The van der Waals surface area contributed by atoms with E-state index in [1.165, 1.54) is 12.8 Å². The van der Waals surface area contributed by atoms with Crippen molar-refractivity contribution in [1.82, 2.24) is 9.55 Å². The lowest BCUT2D eigenvalue weighted by atomic mass is 10.1. The van der Waals surface area contributed by atoms with Gasteiger partial charge in [-0.3, -0.25) is 0 Å². The highest BCUT2D eigenvalue weighted by Crippen LogP contribution is 2.42. The molecule has 0 amide bonds. The molecule has 0 saturated heterocycles. The molecule has 0 radical (unpaired) electrons. The van der Waals surface area contributed by atoms with Crippen molar-refractivity contribution in [1.29, 1.82) is 0 Å². The third-order valence-electron chi connectivity index (χ3n) is 3.54. The molecule has 1 heterocycles. The van der Waals surface area contributed by atoms with E-state index in [9.17, 15) is 0 Å². The lowest BCUT2D eigenvalue weighted by Crippen LogP contribution is -2.00. The summed E-state index contributed by atoms with van der Waals surface area (Å²) in [5, 5.41) is 0. The number of ether oxygens (including phenoxy) is 1. The van der Waals surface area contributed by atoms with Crippen LogP contribution in [0, 0.1) is 0 Å². The molecule has 1 aliphatic carbocycles. The molecule has 0 atom stereocenters. The summed E-state index contributed by atoms with van der Waals surface area (Å²) in [6, 6.07) is 5.90. The molecule has 19 heavy (non-hydrogen) atoms. The van der Waals surface area contributed by atoms with Gasteiger partial charge in [-0.1, -0.05) is 0 Å². The number of anilines is 1. The van der Waals surface area contributed by atoms with Crippen LogP contribution < -0.4 is 10.5 Å². The summed E-state index contributed by atoms with van der Waals surface area (Å²) >= 11 is 3.50. The number of hydrogen-bond acceptors (Lipinski definition) is 3. The highest BCUT2D eigenvalue weighted by molar-refractivity contribution is 9.10. The Morgan fingerprint density at radius 1 is 1.42 bits per heavy atom. The van der Waals surface area contributed by atoms with Crippen molar-refractivity contribution in [3.63, 3.8) is 0 Å². The standard InChI is InChI=1S/C14H16BrN3O/c1-18-13(16)12(17-14(18)8-3-4-8)9-5-6-11(19-2)10(15)7-9/h5-8H,3-4,16H2,1-2H3. The average molecular weight is 322 g/mol. The fraction of sp³-hybridized carbons (Fsp3) is 0.357. The molecule has 3 rings (SSSR count). The molecule has 1 aromatic heterocycles. The Hall–Kier alpha value is -1.49. The van der Waals surface area contributed by atoms with Crippen molar-refractivity contribution in [3.8, 4) is 17.0 Å². The van der Waals surface area contributed by atoms with Crippen LogP contribution in [0.2, 0.25) is 0 Å². The summed E-state index contributed by atoms with van der Waals surface area (Å²) in [6.07, 6.45) is 2.44. The third-order valence-corrected chi connectivity index (χ3v) is 4.16. The van der Waals surface area contributed by atoms with Crippen LogP contribution >= 0.6 is 15.9 Å². The summed E-state index contributed by atoms with van der Waals surface area (Å²) < 4.78 is 8.15. The monoisotopic (exact) mass is 321 g/mol. The topological polar surface area (TPSA) is 53.1 Å². The highest BCUT2D eigenvalue weighted by Gasteiger charge is 2.29. The van der Waals surface area contributed by atoms with Gasteiger partial charge in [0.2, 0.25) is 0 Å². The first kappa shape index (κ1) is 12.5. The van der Waals surface area contributed by atoms with Gasteiger partial charge < -0.3 is 15.0 Å². The number of nitrogen functional groups attached to an aromatic ring is 1. The van der Waals surface area contributed by atoms with Gasteiger partial charge in [0.15, 0.2) is 0 Å². The molecule has 0 bridgehead atoms. The minimum atomic E-state index is 0.586. The summed E-state index contributed by atoms with van der Waals surface area (Å²) in [7, 11) is 3.64. The van der Waals surface area contributed by atoms with E-state index >= 15 is 0 Å². The van der Waals surface area contributed by atoms with Crippen LogP contribution in [-0.2, 0) is 7.05 Å². The number of aromatic nitrogens is 2. The van der Waals surface area contributed by atoms with E-state index in [-0.39, 0.29) is 0 Å². The molecule has 0 spiro atoms.